The van der Waals surface area contributed by atoms with Crippen molar-refractivity contribution in [2.75, 3.05) is 0 Å². The maximum Gasteiger partial charge on any atom is 0.417 e. The molecule has 0 radical (unpaired) electrons. The smallest absolute Gasteiger partial charge is 0.381 e. The molecule has 2 aromatic carbocycles. The fourth-order valence-corrected chi connectivity index (χ4v) is 5.96. The van der Waals surface area contributed by atoms with Crippen molar-refractivity contribution in [3.8, 4) is 0 Å². The summed E-state index contributed by atoms with van der Waals surface area (Å²) in [6.45, 7) is 6.06. The molecular weight excluding hydrogens is 479 g/mol. The zero-order valence-electron chi connectivity index (χ0n) is 19.8. The third kappa shape index (κ3) is 5.29. The quantitative estimate of drug-likeness (QED) is 0.544. The lowest BCUT2D eigenvalue weighted by atomic mass is 9.67. The third-order valence-electron chi connectivity index (χ3n) is 6.55. The Kier molecular flexibility index (Phi) is 7.64. The van der Waals surface area contributed by atoms with Crippen LogP contribution in [0.15, 0.2) is 65.7 Å². The van der Waals surface area contributed by atoms with E-state index >= 15 is 0 Å². The number of nitrogens with zero attached hydrogens (tertiary/aromatic N) is 1. The Bertz CT molecular complexity index is 999. The molecule has 2 aliphatic rings. The van der Waals surface area contributed by atoms with Crippen molar-refractivity contribution < 1.29 is 32.5 Å². The highest BCUT2D eigenvalue weighted by molar-refractivity contribution is 8.12. The number of hydrogen-bond acceptors (Lipinski definition) is 6. The van der Waals surface area contributed by atoms with Crippen LogP contribution in [0.3, 0.4) is 0 Å². The second-order valence-electron chi connectivity index (χ2n) is 9.84. The van der Waals surface area contributed by atoms with Crippen molar-refractivity contribution in [2.45, 2.75) is 75.6 Å². The summed E-state index contributed by atoms with van der Waals surface area (Å²) in [6, 6.07) is 18.5. The first-order valence-electron chi connectivity index (χ1n) is 11.4. The van der Waals surface area contributed by atoms with Crippen molar-refractivity contribution in [1.29, 1.82) is 0 Å². The first-order chi connectivity index (χ1) is 16.5. The molecule has 0 aliphatic carbocycles. The second kappa shape index (κ2) is 10.2. The van der Waals surface area contributed by atoms with Gasteiger partial charge in [0.25, 0.3) is 0 Å². The Morgan fingerprint density at radius 3 is 2.03 bits per heavy atom. The van der Waals surface area contributed by atoms with Crippen LogP contribution in [-0.2, 0) is 27.4 Å². The molecule has 1 N–H and O–H groups in total. The van der Waals surface area contributed by atoms with E-state index < -0.39 is 47.0 Å². The monoisotopic (exact) mass is 509 g/mol. The SMILES string of the molecule is CC(C)(C)[C@]12N=CS[C@H]1O[C@H](C(O)C(F)(F)F)[C@@H](OCc1ccccc1)[C@@H]2OCc1ccccc1. The second-order valence-corrected chi connectivity index (χ2v) is 10.8. The third-order valence-corrected chi connectivity index (χ3v) is 7.50. The Hall–Kier alpha value is -1.91. The maximum absolute atomic E-state index is 13.8. The molecule has 35 heavy (non-hydrogen) atoms. The largest absolute Gasteiger partial charge is 0.417 e. The Labute approximate surface area is 207 Å². The predicted molar refractivity (Wildman–Crippen MR) is 129 cm³/mol. The predicted octanol–water partition coefficient (Wildman–Crippen LogP) is 5.37. The summed E-state index contributed by atoms with van der Waals surface area (Å²) in [5, 5.41) is 10.4. The number of benzene rings is 2. The minimum absolute atomic E-state index is 0.0306. The highest BCUT2D eigenvalue weighted by Gasteiger charge is 2.67. The Morgan fingerprint density at radius 1 is 0.971 bits per heavy atom. The van der Waals surface area contributed by atoms with Crippen LogP contribution in [0.2, 0.25) is 0 Å². The van der Waals surface area contributed by atoms with Crippen molar-refractivity contribution in [3.05, 3.63) is 71.8 Å². The zero-order valence-corrected chi connectivity index (χ0v) is 20.6. The maximum atomic E-state index is 13.8. The van der Waals surface area contributed by atoms with Gasteiger partial charge in [0, 0.05) is 0 Å². The molecule has 2 aromatic rings. The topological polar surface area (TPSA) is 60.3 Å². The summed E-state index contributed by atoms with van der Waals surface area (Å²) in [5.74, 6) is 0. The minimum Gasteiger partial charge on any atom is -0.381 e. The van der Waals surface area contributed by atoms with Gasteiger partial charge in [-0.05, 0) is 16.5 Å². The van der Waals surface area contributed by atoms with Gasteiger partial charge in [-0.1, -0.05) is 93.2 Å². The van der Waals surface area contributed by atoms with Gasteiger partial charge in [0.2, 0.25) is 0 Å². The van der Waals surface area contributed by atoms with E-state index in [0.717, 1.165) is 11.1 Å². The average molecular weight is 510 g/mol. The van der Waals surface area contributed by atoms with Crippen LogP contribution in [0.5, 0.6) is 0 Å². The highest BCUT2D eigenvalue weighted by Crippen LogP contribution is 2.54. The minimum atomic E-state index is -4.89. The first-order valence-corrected chi connectivity index (χ1v) is 12.4. The molecule has 190 valence electrons. The molecule has 5 nitrogen and oxygen atoms in total. The van der Waals surface area contributed by atoms with Gasteiger partial charge in [-0.15, -0.1) is 0 Å². The molecule has 4 rings (SSSR count). The average Bonchev–Trinajstić information content (AvgIpc) is 3.26. The van der Waals surface area contributed by atoms with E-state index in [0.29, 0.717) is 0 Å². The molecule has 9 heteroatoms. The molecule has 1 unspecified atom stereocenters. The van der Waals surface area contributed by atoms with E-state index in [-0.39, 0.29) is 13.2 Å². The van der Waals surface area contributed by atoms with Crippen LogP contribution in [0.1, 0.15) is 31.9 Å². The van der Waals surface area contributed by atoms with Crippen LogP contribution < -0.4 is 0 Å². The highest BCUT2D eigenvalue weighted by atomic mass is 32.2. The first kappa shape index (κ1) is 26.2. The van der Waals surface area contributed by atoms with Gasteiger partial charge < -0.3 is 19.3 Å². The van der Waals surface area contributed by atoms with Crippen molar-refractivity contribution in [3.63, 3.8) is 0 Å². The number of thioether (sulfide) groups is 1. The van der Waals surface area contributed by atoms with Gasteiger partial charge in [0.1, 0.15) is 29.3 Å². The van der Waals surface area contributed by atoms with Gasteiger partial charge >= 0.3 is 6.18 Å². The van der Waals surface area contributed by atoms with Crippen LogP contribution in [-0.4, -0.2) is 52.2 Å². The van der Waals surface area contributed by atoms with Gasteiger partial charge in [0.15, 0.2) is 6.10 Å². The summed E-state index contributed by atoms with van der Waals surface area (Å²) in [5.41, 5.74) is 0.888. The van der Waals surface area contributed by atoms with E-state index in [1.165, 1.54) is 11.8 Å². The summed E-state index contributed by atoms with van der Waals surface area (Å²) >= 11 is 1.20. The fraction of sp³-hybridized carbons (Fsp3) is 0.500. The van der Waals surface area contributed by atoms with E-state index in [2.05, 4.69) is 0 Å². The molecule has 0 spiro atoms. The molecule has 1 saturated heterocycles. The summed E-state index contributed by atoms with van der Waals surface area (Å²) < 4.78 is 59.8. The molecule has 1 fully saturated rings. The Morgan fingerprint density at radius 2 is 1.51 bits per heavy atom. The number of hydrogen-bond donors (Lipinski definition) is 1. The molecule has 2 aliphatic heterocycles. The van der Waals surface area contributed by atoms with Crippen LogP contribution in [0.4, 0.5) is 13.2 Å². The lowest BCUT2D eigenvalue weighted by molar-refractivity contribution is -0.300. The van der Waals surface area contributed by atoms with Gasteiger partial charge in [0.05, 0.1) is 18.8 Å². The van der Waals surface area contributed by atoms with Crippen molar-refractivity contribution in [2.24, 2.45) is 10.4 Å². The van der Waals surface area contributed by atoms with E-state index in [9.17, 15) is 18.3 Å². The zero-order chi connectivity index (χ0) is 25.3. The van der Waals surface area contributed by atoms with Crippen molar-refractivity contribution >= 4 is 17.3 Å². The van der Waals surface area contributed by atoms with E-state index in [4.69, 9.17) is 19.2 Å². The number of aliphatic hydroxyl groups is 1. The molecule has 0 saturated carbocycles. The van der Waals surface area contributed by atoms with Crippen LogP contribution in [0, 0.1) is 5.41 Å². The van der Waals surface area contributed by atoms with E-state index in [1.807, 2.05) is 81.4 Å². The molecule has 0 bridgehead atoms. The lowest BCUT2D eigenvalue weighted by Gasteiger charge is -2.55. The molecule has 6 atom stereocenters. The number of rotatable bonds is 7. The molecule has 0 aromatic heterocycles. The van der Waals surface area contributed by atoms with Crippen LogP contribution >= 0.6 is 11.8 Å². The van der Waals surface area contributed by atoms with Gasteiger partial charge in [-0.3, -0.25) is 4.99 Å². The number of aliphatic hydroxyl groups excluding tert-OH is 1. The molecular formula is C26H30F3NO4S. The summed E-state index contributed by atoms with van der Waals surface area (Å²) in [6.07, 6.45) is -11.5. The van der Waals surface area contributed by atoms with Gasteiger partial charge in [-0.25, -0.2) is 0 Å². The molecule has 0 amide bonds. The number of aliphatic imine (C=N–C) groups is 1. The summed E-state index contributed by atoms with van der Waals surface area (Å²) in [4.78, 5) is 4.76. The lowest BCUT2D eigenvalue weighted by Crippen LogP contribution is -2.71. The van der Waals surface area contributed by atoms with Gasteiger partial charge in [-0.2, -0.15) is 13.2 Å². The standard InChI is InChI=1S/C26H30F3NO4S/c1-24(2,3)25-22(33-15-18-12-8-5-9-13-18)20(32-14-17-10-6-4-7-11-17)19(21(31)26(27,28)29)34-23(25)35-16-30-25/h4-13,16,19-23,31H,14-15H2,1-3H3/t19-,20+,21?,22-,23+,25+/m0/s1. The van der Waals surface area contributed by atoms with Crippen molar-refractivity contribution in [1.82, 2.24) is 0 Å². The van der Waals surface area contributed by atoms with E-state index in [1.54, 1.807) is 5.55 Å². The fourth-order valence-electron chi connectivity index (χ4n) is 4.67. The number of alkyl halides is 3. The molecule has 2 heterocycles. The normalized spacial score (nSPS) is 29.7. The van der Waals surface area contributed by atoms with Crippen LogP contribution in [0.25, 0.3) is 0 Å². The Balaban J connectivity index is 1.74. The number of fused-ring (bicyclic) bond motifs is 1. The number of halogens is 3. The summed E-state index contributed by atoms with van der Waals surface area (Å²) in [7, 11) is 0. The number of ether oxygens (including phenoxy) is 3.